The van der Waals surface area contributed by atoms with Gasteiger partial charge in [-0.1, -0.05) is 0 Å². The zero-order chi connectivity index (χ0) is 10.9. The minimum absolute atomic E-state index is 0. The number of carboxylic acids is 1. The number of carboxylic acid groups (broad SMARTS) is 1. The van der Waals surface area contributed by atoms with Crippen molar-refractivity contribution in [2.45, 2.75) is 0 Å². The minimum Gasteiger partial charge on any atom is -0.485 e. The Morgan fingerprint density at radius 1 is 1.60 bits per heavy atom. The summed E-state index contributed by atoms with van der Waals surface area (Å²) < 4.78 is 5.40. The van der Waals surface area contributed by atoms with Crippen LogP contribution < -0.4 is 10.1 Å². The number of aromatic carboxylic acids is 1. The van der Waals surface area contributed by atoms with Gasteiger partial charge >= 0.3 is 5.97 Å². The molecule has 0 aromatic carbocycles. The third kappa shape index (κ3) is 2.71. The quantitative estimate of drug-likeness (QED) is 0.611. The van der Waals surface area contributed by atoms with E-state index in [-0.39, 0.29) is 44.3 Å². The van der Waals surface area contributed by atoms with Crippen molar-refractivity contribution in [3.63, 3.8) is 0 Å². The van der Waals surface area contributed by atoms with Crippen molar-refractivity contribution in [2.24, 2.45) is 0 Å². The standard InChI is InChI=1S/C7H7N2O4P.Y/c1-3-8-4(7(11)12)5(13-14)6(10)9(3)2;/h1-2,14H2,(H,11,12);/q-2;. The Bertz CT molecular complexity index is 445. The van der Waals surface area contributed by atoms with Gasteiger partial charge in [0.1, 0.15) is 0 Å². The van der Waals surface area contributed by atoms with E-state index >= 15 is 0 Å². The van der Waals surface area contributed by atoms with Gasteiger partial charge in [-0.3, -0.25) is 0 Å². The molecule has 1 N–H and O–H groups in total. The SMILES string of the molecule is [CH2-]c1nc(C(=O)O)c(OP)c(=O)n1[CH2-].[Y]. The summed E-state index contributed by atoms with van der Waals surface area (Å²) in [6.45, 7) is 3.36. The van der Waals surface area contributed by atoms with Crippen molar-refractivity contribution < 1.29 is 47.1 Å². The van der Waals surface area contributed by atoms with Crippen molar-refractivity contribution in [1.29, 1.82) is 0 Å². The summed E-state index contributed by atoms with van der Waals surface area (Å²) >= 11 is 0. The van der Waals surface area contributed by atoms with Crippen LogP contribution in [0.4, 0.5) is 0 Å². The van der Waals surface area contributed by atoms with E-state index < -0.39 is 17.2 Å². The van der Waals surface area contributed by atoms with E-state index in [9.17, 15) is 9.59 Å². The fourth-order valence-electron chi connectivity index (χ4n) is 0.832. The molecule has 1 aromatic heterocycles. The zero-order valence-corrected chi connectivity index (χ0v) is 11.6. The van der Waals surface area contributed by atoms with Crippen LogP contribution >= 0.6 is 9.47 Å². The van der Waals surface area contributed by atoms with Crippen molar-refractivity contribution in [3.8, 4) is 5.75 Å². The molecule has 79 valence electrons. The summed E-state index contributed by atoms with van der Waals surface area (Å²) in [7, 11) is 5.11. The number of hydrogen-bond donors (Lipinski definition) is 1. The summed E-state index contributed by atoms with van der Waals surface area (Å²) in [5.41, 5.74) is -1.17. The fourth-order valence-corrected chi connectivity index (χ4v) is 1.04. The first-order valence-electron chi connectivity index (χ1n) is 3.39. The molecule has 0 spiro atoms. The molecule has 0 aliphatic carbocycles. The molecule has 1 rings (SSSR count). The Hall–Kier alpha value is -0.576. The summed E-state index contributed by atoms with van der Waals surface area (Å²) in [5.74, 6) is -1.78. The van der Waals surface area contributed by atoms with E-state index in [4.69, 9.17) is 5.11 Å². The molecule has 0 aliphatic heterocycles. The first-order valence-corrected chi connectivity index (χ1v) is 3.86. The van der Waals surface area contributed by atoms with Crippen LogP contribution in [-0.2, 0) is 32.7 Å². The van der Waals surface area contributed by atoms with Crippen LogP contribution in [0.1, 0.15) is 16.3 Å². The average Bonchev–Trinajstić information content (AvgIpc) is 2.13. The van der Waals surface area contributed by atoms with Crippen LogP contribution in [0.15, 0.2) is 4.79 Å². The molecule has 1 atom stereocenters. The first-order chi connectivity index (χ1) is 6.49. The Labute approximate surface area is 113 Å². The molecule has 0 saturated carbocycles. The van der Waals surface area contributed by atoms with Gasteiger partial charge in [0.25, 0.3) is 0 Å². The minimum atomic E-state index is -1.36. The van der Waals surface area contributed by atoms with E-state index in [1.165, 1.54) is 0 Å². The Morgan fingerprint density at radius 2 is 2.13 bits per heavy atom. The number of aromatic nitrogens is 2. The molecule has 1 aromatic rings. The van der Waals surface area contributed by atoms with Gasteiger partial charge in [0.15, 0.2) is 17.0 Å². The third-order valence-electron chi connectivity index (χ3n) is 1.53. The zero-order valence-electron chi connectivity index (χ0n) is 7.64. The average molecular weight is 303 g/mol. The van der Waals surface area contributed by atoms with E-state index in [0.717, 1.165) is 4.57 Å². The molecule has 6 nitrogen and oxygen atoms in total. The maximum Gasteiger partial charge on any atom is 0.356 e. The molecule has 0 fully saturated rings. The molecule has 0 saturated heterocycles. The van der Waals surface area contributed by atoms with Crippen molar-refractivity contribution in [1.82, 2.24) is 9.55 Å². The second-order valence-corrected chi connectivity index (χ2v) is 2.60. The second kappa shape index (κ2) is 5.49. The Kier molecular flexibility index (Phi) is 5.28. The third-order valence-corrected chi connectivity index (χ3v) is 1.76. The van der Waals surface area contributed by atoms with Crippen LogP contribution in [0.2, 0.25) is 0 Å². The van der Waals surface area contributed by atoms with Gasteiger partial charge in [0.2, 0.25) is 0 Å². The molecular weight excluding hydrogens is 296 g/mol. The predicted molar refractivity (Wildman–Crippen MR) is 51.0 cm³/mol. The molecule has 0 bridgehead atoms. The molecule has 1 radical (unpaired) electrons. The van der Waals surface area contributed by atoms with E-state index in [2.05, 4.69) is 23.5 Å². The molecular formula is C7H7N2O4PY-2. The van der Waals surface area contributed by atoms with E-state index in [1.807, 2.05) is 0 Å². The molecule has 0 aliphatic rings. The maximum atomic E-state index is 11.4. The van der Waals surface area contributed by atoms with Crippen LogP contribution in [0.25, 0.3) is 0 Å². The second-order valence-electron chi connectivity index (χ2n) is 2.36. The molecule has 1 unspecified atom stereocenters. The predicted octanol–water partition coefficient (Wildman–Crippen LogP) is -0.0702. The smallest absolute Gasteiger partial charge is 0.356 e. The van der Waals surface area contributed by atoms with E-state index in [0.29, 0.717) is 0 Å². The molecule has 0 amide bonds. The largest absolute Gasteiger partial charge is 0.485 e. The van der Waals surface area contributed by atoms with Gasteiger partial charge < -0.3 is 30.9 Å². The molecule has 1 heterocycles. The van der Waals surface area contributed by atoms with Crippen molar-refractivity contribution in [3.05, 3.63) is 35.8 Å². The Morgan fingerprint density at radius 3 is 2.53 bits per heavy atom. The van der Waals surface area contributed by atoms with E-state index in [1.54, 1.807) is 9.47 Å². The van der Waals surface area contributed by atoms with Gasteiger partial charge in [-0.05, 0) is 0 Å². The summed E-state index contributed by atoms with van der Waals surface area (Å²) in [6.07, 6.45) is 0. The van der Waals surface area contributed by atoms with Gasteiger partial charge in [-0.25, -0.2) is 4.79 Å². The first kappa shape index (κ1) is 14.4. The number of rotatable bonds is 2. The number of hydrogen-bond acceptors (Lipinski definition) is 4. The Balaban J connectivity index is 0.00000196. The topological polar surface area (TPSA) is 81.4 Å². The van der Waals surface area contributed by atoms with Crippen LogP contribution in [-0.4, -0.2) is 20.6 Å². The molecule has 8 heteroatoms. The van der Waals surface area contributed by atoms with Crippen LogP contribution in [0.5, 0.6) is 5.75 Å². The number of nitrogens with zero attached hydrogens (tertiary/aromatic N) is 2. The normalized spacial score (nSPS) is 9.13. The van der Waals surface area contributed by atoms with Crippen LogP contribution in [0.3, 0.4) is 0 Å². The van der Waals surface area contributed by atoms with Crippen molar-refractivity contribution in [2.75, 3.05) is 0 Å². The summed E-state index contributed by atoms with van der Waals surface area (Å²) in [4.78, 5) is 25.6. The van der Waals surface area contributed by atoms with Gasteiger partial charge in [0.05, 0.1) is 9.47 Å². The summed E-state index contributed by atoms with van der Waals surface area (Å²) in [6, 6.07) is 0. The van der Waals surface area contributed by atoms with Crippen LogP contribution in [0, 0.1) is 14.0 Å². The maximum absolute atomic E-state index is 11.4. The van der Waals surface area contributed by atoms with Crippen molar-refractivity contribution >= 4 is 15.4 Å². The molecule has 15 heavy (non-hydrogen) atoms. The fraction of sp³-hybridized carbons (Fsp3) is 0. The summed E-state index contributed by atoms with van der Waals surface area (Å²) in [5, 5.41) is 8.69. The van der Waals surface area contributed by atoms with Gasteiger partial charge in [0, 0.05) is 32.7 Å². The van der Waals surface area contributed by atoms with Gasteiger partial charge in [-0.15, -0.1) is 12.9 Å². The number of carbonyl (C=O) groups is 1. The van der Waals surface area contributed by atoms with Gasteiger partial charge in [-0.2, -0.15) is 0 Å². The monoisotopic (exact) mass is 303 g/mol.